The summed E-state index contributed by atoms with van der Waals surface area (Å²) in [6.45, 7) is 16.7. The normalized spacial score (nSPS) is 38.1. The van der Waals surface area contributed by atoms with Gasteiger partial charge in [0.05, 0.1) is 23.4 Å². The van der Waals surface area contributed by atoms with Gasteiger partial charge in [-0.1, -0.05) is 73.6 Å². The van der Waals surface area contributed by atoms with E-state index in [9.17, 15) is 0 Å². The molecule has 0 amide bonds. The largest absolute Gasteiger partial charge is 0.366 e. The van der Waals surface area contributed by atoms with Gasteiger partial charge >= 0.3 is 0 Å². The number of ether oxygens (including phenoxy) is 2. The first-order valence-electron chi connectivity index (χ1n) is 10.4. The first kappa shape index (κ1) is 22.9. The van der Waals surface area contributed by atoms with Crippen LogP contribution in [0, 0.1) is 0 Å². The zero-order chi connectivity index (χ0) is 17.9. The van der Waals surface area contributed by atoms with E-state index in [4.69, 9.17) is 9.47 Å². The van der Waals surface area contributed by atoms with E-state index < -0.39 is 0 Å². The summed E-state index contributed by atoms with van der Waals surface area (Å²) < 4.78 is 10.9. The van der Waals surface area contributed by atoms with Crippen molar-refractivity contribution < 1.29 is 9.47 Å². The van der Waals surface area contributed by atoms with Crippen molar-refractivity contribution >= 4 is 0 Å². The lowest BCUT2D eigenvalue weighted by atomic mass is 9.91. The Morgan fingerprint density at radius 3 is 1.17 bits per heavy atom. The van der Waals surface area contributed by atoms with Gasteiger partial charge in [0.1, 0.15) is 0 Å². The number of rotatable bonds is 0. The van der Waals surface area contributed by atoms with Gasteiger partial charge in [0.15, 0.2) is 0 Å². The topological polar surface area (TPSA) is 25.1 Å². The van der Waals surface area contributed by atoms with E-state index in [-0.39, 0.29) is 0 Å². The Labute approximate surface area is 146 Å². The van der Waals surface area contributed by atoms with E-state index in [0.29, 0.717) is 23.4 Å². The predicted molar refractivity (Wildman–Crippen MR) is 102 cm³/mol. The van der Waals surface area contributed by atoms with Gasteiger partial charge in [-0.15, -0.1) is 0 Å². The molecule has 2 aliphatic heterocycles. The lowest BCUT2D eigenvalue weighted by Gasteiger charge is -2.09. The lowest BCUT2D eigenvalue weighted by Crippen LogP contribution is -2.13. The highest BCUT2D eigenvalue weighted by atomic mass is 16.6. The standard InChI is InChI=1S/2C7H12O.C3H8.2C2H6/c2*1-7-5-3-2-4-6(7)8-7;1-3-2;2*1-2/h2*6H,2-5H2,1H3;3H2,1-2H3;2*1-2H3. The maximum Gasteiger partial charge on any atom is 0.0920 e. The molecule has 2 saturated carbocycles. The molecule has 4 rings (SSSR count). The highest BCUT2D eigenvalue weighted by molar-refractivity contribution is 5.01. The Kier molecular flexibility index (Phi) is 11.4. The molecular weight excluding hydrogens is 284 g/mol. The Bertz CT molecular complexity index is 260. The average molecular weight is 329 g/mol. The van der Waals surface area contributed by atoms with Crippen LogP contribution in [0.1, 0.15) is 113 Å². The zero-order valence-corrected chi connectivity index (χ0v) is 17.3. The van der Waals surface area contributed by atoms with Crippen LogP contribution in [-0.4, -0.2) is 23.4 Å². The monoisotopic (exact) mass is 328 g/mol. The van der Waals surface area contributed by atoms with Crippen LogP contribution in [0.25, 0.3) is 0 Å². The minimum absolute atomic E-state index is 0.345. The highest BCUT2D eigenvalue weighted by Crippen LogP contribution is 2.47. The summed E-state index contributed by atoms with van der Waals surface area (Å²) in [5, 5.41) is 0. The molecule has 0 bridgehead atoms. The molecule has 0 radical (unpaired) electrons. The van der Waals surface area contributed by atoms with Crippen LogP contribution < -0.4 is 0 Å². The van der Waals surface area contributed by atoms with Crippen LogP contribution in [0.3, 0.4) is 0 Å². The Hall–Kier alpha value is -0.0800. The minimum Gasteiger partial charge on any atom is -0.366 e. The molecule has 2 heteroatoms. The van der Waals surface area contributed by atoms with Crippen molar-refractivity contribution in [3.05, 3.63) is 0 Å². The molecule has 2 aliphatic carbocycles. The first-order valence-corrected chi connectivity index (χ1v) is 10.4. The fourth-order valence-electron chi connectivity index (χ4n) is 3.36. The quantitative estimate of drug-likeness (QED) is 0.452. The second-order valence-corrected chi connectivity index (χ2v) is 7.04. The summed E-state index contributed by atoms with van der Waals surface area (Å²) in [6.07, 6.45) is 13.3. The van der Waals surface area contributed by atoms with Crippen LogP contribution in [0.15, 0.2) is 0 Å². The molecule has 2 saturated heterocycles. The second kappa shape index (κ2) is 11.5. The fourth-order valence-corrected chi connectivity index (χ4v) is 3.36. The van der Waals surface area contributed by atoms with Crippen LogP contribution in [0.2, 0.25) is 0 Å². The molecule has 0 N–H and O–H groups in total. The van der Waals surface area contributed by atoms with Gasteiger partial charge in [0.2, 0.25) is 0 Å². The molecule has 0 aromatic rings. The van der Waals surface area contributed by atoms with Gasteiger partial charge in [0.25, 0.3) is 0 Å². The van der Waals surface area contributed by atoms with Gasteiger partial charge in [-0.25, -0.2) is 0 Å². The third kappa shape index (κ3) is 7.56. The predicted octanol–water partition coefficient (Wildman–Crippen LogP) is 6.90. The van der Waals surface area contributed by atoms with E-state index in [2.05, 4.69) is 27.7 Å². The molecule has 2 heterocycles. The summed E-state index contributed by atoms with van der Waals surface area (Å²) in [5.41, 5.74) is 0.691. The van der Waals surface area contributed by atoms with Gasteiger partial charge in [-0.2, -0.15) is 0 Å². The van der Waals surface area contributed by atoms with E-state index in [0.717, 1.165) is 0 Å². The van der Waals surface area contributed by atoms with Crippen molar-refractivity contribution in [2.24, 2.45) is 0 Å². The van der Waals surface area contributed by atoms with Crippen LogP contribution in [-0.2, 0) is 9.47 Å². The molecule has 2 nitrogen and oxygen atoms in total. The van der Waals surface area contributed by atoms with Gasteiger partial charge < -0.3 is 9.47 Å². The Morgan fingerprint density at radius 1 is 0.696 bits per heavy atom. The maximum atomic E-state index is 5.47. The van der Waals surface area contributed by atoms with Crippen molar-refractivity contribution in [3.8, 4) is 0 Å². The third-order valence-corrected chi connectivity index (χ3v) is 4.85. The summed E-state index contributed by atoms with van der Waals surface area (Å²) in [4.78, 5) is 0. The molecule has 4 unspecified atom stereocenters. The first-order chi connectivity index (χ1) is 11.0. The average Bonchev–Trinajstić information content (AvgIpc) is 3.45. The minimum atomic E-state index is 0.345. The Balaban J connectivity index is 0.000000307. The third-order valence-electron chi connectivity index (χ3n) is 4.85. The molecular formula is C21H44O2. The number of fused-ring (bicyclic) bond motifs is 2. The van der Waals surface area contributed by atoms with Crippen molar-refractivity contribution in [2.75, 3.05) is 0 Å². The SMILES string of the molecule is CC.CC.CC12CCCCC1O2.CC12CCCCC1O2.CCC. The summed E-state index contributed by atoms with van der Waals surface area (Å²) >= 11 is 0. The lowest BCUT2D eigenvalue weighted by molar-refractivity contribution is 0.304. The smallest absolute Gasteiger partial charge is 0.0920 e. The number of hydrogen-bond acceptors (Lipinski definition) is 2. The summed E-state index contributed by atoms with van der Waals surface area (Å²) in [7, 11) is 0. The molecule has 0 aromatic heterocycles. The molecule has 4 fully saturated rings. The van der Waals surface area contributed by atoms with Crippen LogP contribution in [0.5, 0.6) is 0 Å². The molecule has 140 valence electrons. The fraction of sp³-hybridized carbons (Fsp3) is 1.00. The molecule has 23 heavy (non-hydrogen) atoms. The number of hydrogen-bond donors (Lipinski definition) is 0. The van der Waals surface area contributed by atoms with Gasteiger partial charge in [-0.3, -0.25) is 0 Å². The Morgan fingerprint density at radius 2 is 1.00 bits per heavy atom. The summed E-state index contributed by atoms with van der Waals surface area (Å²) in [5.74, 6) is 0. The van der Waals surface area contributed by atoms with Crippen molar-refractivity contribution in [1.29, 1.82) is 0 Å². The molecule has 0 aromatic carbocycles. The van der Waals surface area contributed by atoms with Gasteiger partial charge in [-0.05, 0) is 39.5 Å². The maximum absolute atomic E-state index is 5.47. The molecule has 0 spiro atoms. The van der Waals surface area contributed by atoms with Crippen molar-refractivity contribution in [1.82, 2.24) is 0 Å². The van der Waals surface area contributed by atoms with Gasteiger partial charge in [0, 0.05) is 0 Å². The van der Waals surface area contributed by atoms with E-state index in [1.165, 1.54) is 57.8 Å². The molecule has 4 aliphatic rings. The van der Waals surface area contributed by atoms with Crippen LogP contribution in [0.4, 0.5) is 0 Å². The number of epoxide rings is 2. The van der Waals surface area contributed by atoms with Crippen LogP contribution >= 0.6 is 0 Å². The van der Waals surface area contributed by atoms with Crippen molar-refractivity contribution in [3.63, 3.8) is 0 Å². The summed E-state index contributed by atoms with van der Waals surface area (Å²) in [6, 6.07) is 0. The van der Waals surface area contributed by atoms with Crippen molar-refractivity contribution in [2.45, 2.75) is 137 Å². The second-order valence-electron chi connectivity index (χ2n) is 7.04. The van der Waals surface area contributed by atoms with E-state index in [1.807, 2.05) is 27.7 Å². The zero-order valence-electron chi connectivity index (χ0n) is 17.3. The van der Waals surface area contributed by atoms with E-state index >= 15 is 0 Å². The van der Waals surface area contributed by atoms with E-state index in [1.54, 1.807) is 0 Å². The molecule has 4 atom stereocenters. The highest BCUT2D eigenvalue weighted by Gasteiger charge is 2.53.